The Bertz CT molecular complexity index is 338. The van der Waals surface area contributed by atoms with E-state index in [1.807, 2.05) is 0 Å². The van der Waals surface area contributed by atoms with Gasteiger partial charge in [-0.05, 0) is 12.8 Å². The number of rotatable bonds is 9. The van der Waals surface area contributed by atoms with Gasteiger partial charge in [0.2, 0.25) is 0 Å². The fourth-order valence-corrected chi connectivity index (χ4v) is 2.62. The van der Waals surface area contributed by atoms with Gasteiger partial charge in [0.25, 0.3) is 5.00 Å². The van der Waals surface area contributed by atoms with Crippen LogP contribution in [0.2, 0.25) is 0 Å². The van der Waals surface area contributed by atoms with Crippen molar-refractivity contribution in [1.29, 1.82) is 0 Å². The number of carbonyl (C=O) groups is 1. The highest BCUT2D eigenvalue weighted by Crippen LogP contribution is 2.36. The summed E-state index contributed by atoms with van der Waals surface area (Å²) in [6.45, 7) is 0. The average Bonchev–Trinajstić information content (AvgIpc) is 2.36. The molecule has 0 aliphatic heterocycles. The standard InChI is InChI=1S/C13H18F4O2S/c1-3-4-5-6-7-8-12(14,11(18)19-2)20-10-9-13(15,16)17/h1H,4-10H2,2H3. The van der Waals surface area contributed by atoms with Crippen molar-refractivity contribution in [3.05, 3.63) is 0 Å². The highest BCUT2D eigenvalue weighted by molar-refractivity contribution is 8.01. The molecule has 20 heavy (non-hydrogen) atoms. The SMILES string of the molecule is C#CCCCCCC(F)(SCCC(F)(F)F)C(=O)OC. The zero-order valence-corrected chi connectivity index (χ0v) is 12.1. The predicted octanol–water partition coefficient (Wildman–Crippen LogP) is 4.09. The molecule has 0 heterocycles. The number of alkyl halides is 4. The van der Waals surface area contributed by atoms with Crippen molar-refractivity contribution in [2.45, 2.75) is 49.7 Å². The van der Waals surface area contributed by atoms with E-state index < -0.39 is 29.3 Å². The lowest BCUT2D eigenvalue weighted by molar-refractivity contribution is -0.149. The van der Waals surface area contributed by atoms with E-state index in [9.17, 15) is 22.4 Å². The highest BCUT2D eigenvalue weighted by atomic mass is 32.2. The van der Waals surface area contributed by atoms with Crippen LogP contribution >= 0.6 is 11.8 Å². The molecule has 0 aromatic rings. The summed E-state index contributed by atoms with van der Waals surface area (Å²) < 4.78 is 54.8. The molecule has 0 aliphatic carbocycles. The minimum Gasteiger partial charge on any atom is -0.466 e. The molecule has 2 nitrogen and oxygen atoms in total. The van der Waals surface area contributed by atoms with Gasteiger partial charge in [0.1, 0.15) is 0 Å². The Morgan fingerprint density at radius 2 is 1.85 bits per heavy atom. The molecule has 116 valence electrons. The number of thioether (sulfide) groups is 1. The Labute approximate surface area is 120 Å². The predicted molar refractivity (Wildman–Crippen MR) is 70.9 cm³/mol. The van der Waals surface area contributed by atoms with Gasteiger partial charge in [-0.15, -0.1) is 24.1 Å². The van der Waals surface area contributed by atoms with Gasteiger partial charge in [-0.3, -0.25) is 0 Å². The van der Waals surface area contributed by atoms with Crippen LogP contribution in [0.25, 0.3) is 0 Å². The maximum Gasteiger partial charge on any atom is 0.389 e. The third-order valence-corrected chi connectivity index (χ3v) is 3.76. The fraction of sp³-hybridized carbons (Fsp3) is 0.769. The van der Waals surface area contributed by atoms with Crippen LogP contribution in [0, 0.1) is 12.3 Å². The number of unbranched alkanes of at least 4 members (excludes halogenated alkanes) is 3. The summed E-state index contributed by atoms with van der Waals surface area (Å²) in [7, 11) is 1.01. The van der Waals surface area contributed by atoms with Gasteiger partial charge in [-0.1, -0.05) is 6.42 Å². The van der Waals surface area contributed by atoms with Crippen LogP contribution in [0.5, 0.6) is 0 Å². The number of esters is 1. The summed E-state index contributed by atoms with van der Waals surface area (Å²) in [6.07, 6.45) is 1.62. The van der Waals surface area contributed by atoms with Crippen LogP contribution < -0.4 is 0 Å². The number of ether oxygens (including phenoxy) is 1. The molecular weight excluding hydrogens is 296 g/mol. The molecule has 0 saturated heterocycles. The van der Waals surface area contributed by atoms with E-state index in [0.29, 0.717) is 37.4 Å². The number of hydrogen-bond donors (Lipinski definition) is 0. The Balaban J connectivity index is 4.30. The normalized spacial score (nSPS) is 14.4. The monoisotopic (exact) mass is 314 g/mol. The lowest BCUT2D eigenvalue weighted by atomic mass is 10.1. The molecule has 0 radical (unpaired) electrons. The summed E-state index contributed by atoms with van der Waals surface area (Å²) in [5.41, 5.74) is 0. The second-order valence-corrected chi connectivity index (χ2v) is 5.54. The molecule has 0 aromatic carbocycles. The highest BCUT2D eigenvalue weighted by Gasteiger charge is 2.41. The van der Waals surface area contributed by atoms with Crippen LogP contribution in [0.1, 0.15) is 38.5 Å². The average molecular weight is 314 g/mol. The fourth-order valence-electron chi connectivity index (χ4n) is 1.47. The van der Waals surface area contributed by atoms with Crippen LogP contribution in [-0.2, 0) is 9.53 Å². The minimum atomic E-state index is -4.36. The van der Waals surface area contributed by atoms with Crippen molar-refractivity contribution in [2.75, 3.05) is 12.9 Å². The van der Waals surface area contributed by atoms with Crippen LogP contribution in [0.4, 0.5) is 17.6 Å². The Hall–Kier alpha value is -0.900. The van der Waals surface area contributed by atoms with E-state index in [1.165, 1.54) is 0 Å². The topological polar surface area (TPSA) is 26.3 Å². The van der Waals surface area contributed by atoms with Gasteiger partial charge in [0, 0.05) is 18.6 Å². The summed E-state index contributed by atoms with van der Waals surface area (Å²) in [4.78, 5) is 11.4. The van der Waals surface area contributed by atoms with E-state index in [-0.39, 0.29) is 6.42 Å². The smallest absolute Gasteiger partial charge is 0.389 e. The third-order valence-electron chi connectivity index (χ3n) is 2.53. The van der Waals surface area contributed by atoms with Crippen LogP contribution in [0.15, 0.2) is 0 Å². The number of halogens is 4. The largest absolute Gasteiger partial charge is 0.466 e. The van der Waals surface area contributed by atoms with Gasteiger partial charge in [0.15, 0.2) is 0 Å². The Kier molecular flexibility index (Phi) is 8.70. The first-order chi connectivity index (χ1) is 9.25. The molecular formula is C13H18F4O2S. The molecule has 0 fully saturated rings. The second-order valence-electron chi connectivity index (χ2n) is 4.20. The molecule has 0 N–H and O–H groups in total. The van der Waals surface area contributed by atoms with E-state index in [2.05, 4.69) is 10.7 Å². The maximum atomic E-state index is 14.4. The molecule has 0 bridgehead atoms. The van der Waals surface area contributed by atoms with Crippen molar-refractivity contribution in [1.82, 2.24) is 0 Å². The van der Waals surface area contributed by atoms with Crippen LogP contribution in [-0.4, -0.2) is 30.0 Å². The zero-order chi connectivity index (χ0) is 15.6. The van der Waals surface area contributed by atoms with E-state index in [4.69, 9.17) is 6.42 Å². The van der Waals surface area contributed by atoms with E-state index in [1.54, 1.807) is 0 Å². The number of carbonyl (C=O) groups excluding carboxylic acids is 1. The van der Waals surface area contributed by atoms with Crippen LogP contribution in [0.3, 0.4) is 0 Å². The molecule has 0 aromatic heterocycles. The molecule has 0 rings (SSSR count). The number of terminal acetylenes is 1. The summed E-state index contributed by atoms with van der Waals surface area (Å²) in [5.74, 6) is 0.783. The van der Waals surface area contributed by atoms with Gasteiger partial charge in [-0.25, -0.2) is 9.18 Å². The van der Waals surface area contributed by atoms with Crippen molar-refractivity contribution in [2.24, 2.45) is 0 Å². The van der Waals surface area contributed by atoms with Crippen molar-refractivity contribution < 1.29 is 27.1 Å². The lowest BCUT2D eigenvalue weighted by Gasteiger charge is -2.22. The first-order valence-corrected chi connectivity index (χ1v) is 7.15. The number of hydrogen-bond acceptors (Lipinski definition) is 3. The molecule has 0 spiro atoms. The van der Waals surface area contributed by atoms with Gasteiger partial charge < -0.3 is 4.74 Å². The van der Waals surface area contributed by atoms with Crippen molar-refractivity contribution in [3.63, 3.8) is 0 Å². The lowest BCUT2D eigenvalue weighted by Crippen LogP contribution is -2.32. The first kappa shape index (κ1) is 19.1. The van der Waals surface area contributed by atoms with Gasteiger partial charge >= 0.3 is 12.1 Å². The molecule has 1 atom stereocenters. The minimum absolute atomic E-state index is 0.174. The Morgan fingerprint density at radius 1 is 1.20 bits per heavy atom. The Morgan fingerprint density at radius 3 is 2.35 bits per heavy atom. The third kappa shape index (κ3) is 8.31. The molecule has 0 saturated carbocycles. The maximum absolute atomic E-state index is 14.4. The molecule has 1 unspecified atom stereocenters. The zero-order valence-electron chi connectivity index (χ0n) is 11.3. The molecule has 7 heteroatoms. The summed E-state index contributed by atoms with van der Waals surface area (Å²) in [5, 5.41) is -2.42. The molecule has 0 amide bonds. The quantitative estimate of drug-likeness (QED) is 0.277. The van der Waals surface area contributed by atoms with Crippen molar-refractivity contribution in [3.8, 4) is 12.3 Å². The van der Waals surface area contributed by atoms with E-state index >= 15 is 0 Å². The van der Waals surface area contributed by atoms with E-state index in [0.717, 1.165) is 7.11 Å². The van der Waals surface area contributed by atoms with Gasteiger partial charge in [-0.2, -0.15) is 13.2 Å². The summed E-state index contributed by atoms with van der Waals surface area (Å²) in [6, 6.07) is 0. The first-order valence-electron chi connectivity index (χ1n) is 6.16. The second kappa shape index (κ2) is 9.11. The van der Waals surface area contributed by atoms with Crippen molar-refractivity contribution >= 4 is 17.7 Å². The van der Waals surface area contributed by atoms with Gasteiger partial charge in [0.05, 0.1) is 13.5 Å². The summed E-state index contributed by atoms with van der Waals surface area (Å²) >= 11 is 0.346. The number of methoxy groups -OCH3 is 1. The molecule has 0 aliphatic rings.